The fourth-order valence-corrected chi connectivity index (χ4v) is 3.33. The zero-order valence-corrected chi connectivity index (χ0v) is 19.1. The van der Waals surface area contributed by atoms with Gasteiger partial charge in [-0.05, 0) is 79.4 Å². The number of carbonyl (C=O) groups excluding carboxylic acids is 2. The first-order valence-corrected chi connectivity index (χ1v) is 10.2. The number of hydrogen-bond acceptors (Lipinski definition) is 4. The van der Waals surface area contributed by atoms with E-state index in [4.69, 9.17) is 4.74 Å². The number of alkyl halides is 3. The predicted molar refractivity (Wildman–Crippen MR) is 115 cm³/mol. The highest BCUT2D eigenvalue weighted by atomic mass is 79.9. The maximum atomic E-state index is 13.7. The fourth-order valence-electron chi connectivity index (χ4n) is 2.89. The third-order valence-electron chi connectivity index (χ3n) is 4.41. The van der Waals surface area contributed by atoms with Crippen molar-refractivity contribution < 1.29 is 27.5 Å². The average molecular weight is 502 g/mol. The molecule has 0 atom stereocenters. The second-order valence-electron chi connectivity index (χ2n) is 7.55. The number of halogens is 4. The second-order valence-corrected chi connectivity index (χ2v) is 8.46. The minimum absolute atomic E-state index is 0.0442. The van der Waals surface area contributed by atoms with Crippen LogP contribution in [0.5, 0.6) is 0 Å². The fraction of sp³-hybridized carbons (Fsp3) is 0.381. The van der Waals surface area contributed by atoms with Crippen LogP contribution in [0.25, 0.3) is 0 Å². The second kappa shape index (κ2) is 9.67. The van der Waals surface area contributed by atoms with Gasteiger partial charge in [0, 0.05) is 16.4 Å². The molecule has 0 aliphatic rings. The summed E-state index contributed by atoms with van der Waals surface area (Å²) in [5.41, 5.74) is -1.51. The lowest BCUT2D eigenvalue weighted by Crippen LogP contribution is -2.30. The number of nitrogens with zero attached hydrogens (tertiary/aromatic N) is 1. The van der Waals surface area contributed by atoms with E-state index in [2.05, 4.69) is 31.5 Å². The van der Waals surface area contributed by atoms with E-state index in [0.29, 0.717) is 5.56 Å². The Labute approximate surface area is 186 Å². The number of pyridine rings is 1. The first kappa shape index (κ1) is 24.6. The van der Waals surface area contributed by atoms with Crippen molar-refractivity contribution in [1.82, 2.24) is 4.98 Å². The smallest absolute Gasteiger partial charge is 0.416 e. The van der Waals surface area contributed by atoms with Crippen molar-refractivity contribution in [1.29, 1.82) is 0 Å². The highest BCUT2D eigenvalue weighted by molar-refractivity contribution is 9.10. The van der Waals surface area contributed by atoms with E-state index in [9.17, 15) is 22.8 Å². The van der Waals surface area contributed by atoms with E-state index in [1.54, 1.807) is 19.9 Å². The van der Waals surface area contributed by atoms with Gasteiger partial charge in [-0.15, -0.1) is 0 Å². The van der Waals surface area contributed by atoms with Crippen LogP contribution in [0.15, 0.2) is 34.9 Å². The van der Waals surface area contributed by atoms with Crippen molar-refractivity contribution in [2.45, 2.75) is 40.3 Å². The summed E-state index contributed by atoms with van der Waals surface area (Å²) >= 11 is 3.26. The summed E-state index contributed by atoms with van der Waals surface area (Å²) in [7, 11) is 0. The molecule has 2 N–H and O–H groups in total. The molecule has 2 aromatic rings. The molecule has 0 aliphatic heterocycles. The Morgan fingerprint density at radius 3 is 2.42 bits per heavy atom. The number of hydrogen-bond donors (Lipinski definition) is 2. The van der Waals surface area contributed by atoms with Gasteiger partial charge < -0.3 is 10.1 Å². The van der Waals surface area contributed by atoms with E-state index < -0.39 is 29.2 Å². The zero-order chi connectivity index (χ0) is 23.4. The number of ether oxygens (including phenoxy) is 1. The number of carbonyl (C=O) groups is 2. The molecule has 1 heterocycles. The molecule has 1 aromatic heterocycles. The summed E-state index contributed by atoms with van der Waals surface area (Å²) in [6.07, 6.45) is -3.35. The quantitative estimate of drug-likeness (QED) is 0.479. The van der Waals surface area contributed by atoms with Gasteiger partial charge in [-0.25, -0.2) is 9.78 Å². The van der Waals surface area contributed by atoms with Crippen LogP contribution in [-0.2, 0) is 22.1 Å². The molecule has 1 aromatic carbocycles. The Bertz CT molecular complexity index is 978. The van der Waals surface area contributed by atoms with Crippen LogP contribution >= 0.6 is 15.9 Å². The lowest BCUT2D eigenvalue weighted by Gasteiger charge is -2.24. The topological polar surface area (TPSA) is 80.3 Å². The van der Waals surface area contributed by atoms with Crippen molar-refractivity contribution in [3.05, 3.63) is 51.6 Å². The van der Waals surface area contributed by atoms with Gasteiger partial charge in [0.1, 0.15) is 5.82 Å². The third-order valence-corrected chi connectivity index (χ3v) is 4.84. The van der Waals surface area contributed by atoms with Gasteiger partial charge in [0.15, 0.2) is 0 Å². The summed E-state index contributed by atoms with van der Waals surface area (Å²) in [4.78, 5) is 28.4. The number of benzene rings is 1. The van der Waals surface area contributed by atoms with Gasteiger partial charge in [0.05, 0.1) is 17.6 Å². The summed E-state index contributed by atoms with van der Waals surface area (Å²) in [5, 5.41) is 4.89. The monoisotopic (exact) mass is 501 g/mol. The summed E-state index contributed by atoms with van der Waals surface area (Å²) in [6.45, 7) is 6.55. The van der Waals surface area contributed by atoms with Gasteiger partial charge in [0.2, 0.25) is 0 Å². The molecule has 0 bridgehead atoms. The molecule has 0 unspecified atom stereocenters. The Hall–Kier alpha value is -2.62. The summed E-state index contributed by atoms with van der Waals surface area (Å²) < 4.78 is 46.7. The summed E-state index contributed by atoms with van der Waals surface area (Å²) in [6, 6.07) is 4.46. The molecular formula is C21H23BrF3N3O3. The number of aromatic nitrogens is 1. The lowest BCUT2D eigenvalue weighted by molar-refractivity contribution is -0.154. The zero-order valence-electron chi connectivity index (χ0n) is 17.5. The Morgan fingerprint density at radius 1 is 1.16 bits per heavy atom. The molecule has 2 amide bonds. The van der Waals surface area contributed by atoms with Crippen molar-refractivity contribution in [2.75, 3.05) is 17.2 Å². The molecule has 0 fully saturated rings. The maximum absolute atomic E-state index is 13.7. The minimum Gasteiger partial charge on any atom is -0.466 e. The third kappa shape index (κ3) is 6.68. The highest BCUT2D eigenvalue weighted by Crippen LogP contribution is 2.37. The SMILES string of the molecule is CCOC(=O)C(C)(C)Cc1ccc(NC(=O)Nc2ncc(Br)cc2C)cc1C(F)(F)F. The van der Waals surface area contributed by atoms with Crippen molar-refractivity contribution in [2.24, 2.45) is 5.41 Å². The number of amides is 2. The molecule has 2 rings (SSSR count). The highest BCUT2D eigenvalue weighted by Gasteiger charge is 2.37. The number of aryl methyl sites for hydroxylation is 1. The van der Waals surface area contributed by atoms with Gasteiger partial charge in [-0.3, -0.25) is 10.1 Å². The molecular weight excluding hydrogens is 479 g/mol. The van der Waals surface area contributed by atoms with Gasteiger partial charge in [-0.2, -0.15) is 13.2 Å². The van der Waals surface area contributed by atoms with Crippen LogP contribution in [0.4, 0.5) is 29.5 Å². The van der Waals surface area contributed by atoms with E-state index in [1.807, 2.05) is 0 Å². The van der Waals surface area contributed by atoms with E-state index in [0.717, 1.165) is 10.5 Å². The van der Waals surface area contributed by atoms with Crippen LogP contribution < -0.4 is 10.6 Å². The Kier molecular flexibility index (Phi) is 7.69. The van der Waals surface area contributed by atoms with Gasteiger partial charge >= 0.3 is 18.2 Å². The van der Waals surface area contributed by atoms with Crippen LogP contribution in [0.3, 0.4) is 0 Å². The van der Waals surface area contributed by atoms with Crippen LogP contribution in [0.2, 0.25) is 0 Å². The molecule has 0 spiro atoms. The standard InChI is InChI=1S/C21H23BrF3N3O3/c1-5-31-18(29)20(3,4)10-13-6-7-15(9-16(13)21(23,24)25)27-19(30)28-17-12(2)8-14(22)11-26-17/h6-9,11H,5,10H2,1-4H3,(H2,26,27,28,30). The molecule has 0 radical (unpaired) electrons. The molecule has 6 nitrogen and oxygen atoms in total. The first-order valence-electron chi connectivity index (χ1n) is 9.41. The number of anilines is 2. The largest absolute Gasteiger partial charge is 0.466 e. The molecule has 31 heavy (non-hydrogen) atoms. The van der Waals surface area contributed by atoms with E-state index in [-0.39, 0.29) is 30.1 Å². The minimum atomic E-state index is -4.67. The van der Waals surface area contributed by atoms with Gasteiger partial charge in [-0.1, -0.05) is 6.07 Å². The van der Waals surface area contributed by atoms with Crippen molar-refractivity contribution >= 4 is 39.4 Å². The van der Waals surface area contributed by atoms with Gasteiger partial charge in [0.25, 0.3) is 0 Å². The van der Waals surface area contributed by atoms with Crippen molar-refractivity contribution in [3.8, 4) is 0 Å². The van der Waals surface area contributed by atoms with Crippen LogP contribution in [-0.4, -0.2) is 23.6 Å². The molecule has 0 saturated carbocycles. The van der Waals surface area contributed by atoms with Crippen LogP contribution in [0, 0.1) is 12.3 Å². The number of urea groups is 1. The number of rotatable bonds is 6. The number of nitrogens with one attached hydrogen (secondary N) is 2. The first-order chi connectivity index (χ1) is 14.3. The predicted octanol–water partition coefficient (Wildman–Crippen LogP) is 5.95. The Morgan fingerprint density at radius 2 is 1.84 bits per heavy atom. The van der Waals surface area contributed by atoms with E-state index in [1.165, 1.54) is 32.2 Å². The molecule has 168 valence electrons. The maximum Gasteiger partial charge on any atom is 0.416 e. The molecule has 10 heteroatoms. The lowest BCUT2D eigenvalue weighted by atomic mass is 9.84. The van der Waals surface area contributed by atoms with Crippen LogP contribution in [0.1, 0.15) is 37.5 Å². The summed E-state index contributed by atoms with van der Waals surface area (Å²) in [5.74, 6) is -0.299. The Balaban J connectivity index is 2.24. The van der Waals surface area contributed by atoms with Crippen molar-refractivity contribution in [3.63, 3.8) is 0 Å². The molecule has 0 aliphatic carbocycles. The average Bonchev–Trinajstić information content (AvgIpc) is 2.64. The molecule has 0 saturated heterocycles. The normalized spacial score (nSPS) is 11.7. The number of esters is 1. The van der Waals surface area contributed by atoms with E-state index >= 15 is 0 Å².